The standard InChI is InChI=1S/C21H31N3O2S/c1-4-15(25-3)11-13-5-10-17-18(13)19-20(23-12-24-21(19)27-17)26-16-8-6-14(22-2)7-9-16/h12-16,22H,4-11H2,1-3H3/t13-,14?,15+,16?/m1/s1. The smallest absolute Gasteiger partial charge is 0.225 e. The maximum atomic E-state index is 6.45. The molecule has 1 saturated carbocycles. The second-order valence-electron chi connectivity index (χ2n) is 7.92. The topological polar surface area (TPSA) is 56.3 Å². The van der Waals surface area contributed by atoms with Crippen molar-refractivity contribution in [2.75, 3.05) is 14.2 Å². The van der Waals surface area contributed by atoms with E-state index in [-0.39, 0.29) is 6.10 Å². The number of nitrogens with one attached hydrogen (secondary N) is 1. The molecule has 148 valence electrons. The number of hydrogen-bond donors (Lipinski definition) is 1. The SMILES string of the molecule is CC[C@@H](C[C@H]1CCc2sc3ncnc(OC4CCC(NC)CC4)c3c21)OC. The highest BCUT2D eigenvalue weighted by atomic mass is 32.1. The first-order valence-corrected chi connectivity index (χ1v) is 11.2. The largest absolute Gasteiger partial charge is 0.474 e. The van der Waals surface area contributed by atoms with E-state index < -0.39 is 0 Å². The monoisotopic (exact) mass is 389 g/mol. The van der Waals surface area contributed by atoms with Gasteiger partial charge in [-0.25, -0.2) is 9.97 Å². The number of methoxy groups -OCH3 is 1. The molecule has 0 aliphatic heterocycles. The summed E-state index contributed by atoms with van der Waals surface area (Å²) in [5.74, 6) is 1.34. The van der Waals surface area contributed by atoms with Gasteiger partial charge < -0.3 is 14.8 Å². The summed E-state index contributed by atoms with van der Waals surface area (Å²) < 4.78 is 12.1. The number of rotatable bonds is 7. The summed E-state index contributed by atoms with van der Waals surface area (Å²) in [7, 11) is 3.88. The van der Waals surface area contributed by atoms with E-state index >= 15 is 0 Å². The molecule has 0 aromatic carbocycles. The zero-order valence-electron chi connectivity index (χ0n) is 16.7. The molecular weight excluding hydrogens is 358 g/mol. The fourth-order valence-electron chi connectivity index (χ4n) is 4.74. The molecule has 1 fully saturated rings. The Balaban J connectivity index is 1.59. The Morgan fingerprint density at radius 1 is 1.22 bits per heavy atom. The molecule has 2 heterocycles. The Morgan fingerprint density at radius 3 is 2.74 bits per heavy atom. The average molecular weight is 390 g/mol. The first-order valence-electron chi connectivity index (χ1n) is 10.4. The van der Waals surface area contributed by atoms with Crippen molar-refractivity contribution in [2.24, 2.45) is 0 Å². The summed E-state index contributed by atoms with van der Waals surface area (Å²) in [6.45, 7) is 2.20. The second-order valence-corrected chi connectivity index (χ2v) is 9.00. The van der Waals surface area contributed by atoms with Crippen LogP contribution in [0.3, 0.4) is 0 Å². The molecule has 0 saturated heterocycles. The molecule has 2 aliphatic carbocycles. The van der Waals surface area contributed by atoms with Gasteiger partial charge in [0, 0.05) is 18.0 Å². The van der Waals surface area contributed by atoms with Crippen molar-refractivity contribution in [3.8, 4) is 5.88 Å². The van der Waals surface area contributed by atoms with Crippen molar-refractivity contribution >= 4 is 21.6 Å². The molecule has 6 heteroatoms. The van der Waals surface area contributed by atoms with E-state index in [9.17, 15) is 0 Å². The lowest BCUT2D eigenvalue weighted by atomic mass is 9.92. The highest BCUT2D eigenvalue weighted by Gasteiger charge is 2.32. The fraction of sp³-hybridized carbons (Fsp3) is 0.714. The highest BCUT2D eigenvalue weighted by molar-refractivity contribution is 7.19. The van der Waals surface area contributed by atoms with Crippen molar-refractivity contribution in [3.05, 3.63) is 16.8 Å². The highest BCUT2D eigenvalue weighted by Crippen LogP contribution is 2.48. The second kappa shape index (κ2) is 8.41. The molecule has 2 aromatic heterocycles. The van der Waals surface area contributed by atoms with Crippen molar-refractivity contribution in [1.29, 1.82) is 0 Å². The molecule has 4 rings (SSSR count). The Kier molecular flexibility index (Phi) is 5.95. The van der Waals surface area contributed by atoms with E-state index in [1.807, 2.05) is 18.4 Å². The number of ether oxygens (including phenoxy) is 2. The van der Waals surface area contributed by atoms with Crippen molar-refractivity contribution in [3.63, 3.8) is 0 Å². The minimum absolute atomic E-state index is 0.269. The van der Waals surface area contributed by atoms with Gasteiger partial charge in [-0.2, -0.15) is 0 Å². The van der Waals surface area contributed by atoms with Gasteiger partial charge >= 0.3 is 0 Å². The van der Waals surface area contributed by atoms with Gasteiger partial charge in [0.1, 0.15) is 17.3 Å². The Hall–Kier alpha value is -1.24. The molecule has 0 unspecified atom stereocenters. The van der Waals surface area contributed by atoms with Gasteiger partial charge in [0.15, 0.2) is 0 Å². The predicted molar refractivity (Wildman–Crippen MR) is 110 cm³/mol. The van der Waals surface area contributed by atoms with Gasteiger partial charge in [-0.3, -0.25) is 0 Å². The van der Waals surface area contributed by atoms with Crippen LogP contribution in [0.1, 0.15) is 68.2 Å². The van der Waals surface area contributed by atoms with Crippen molar-refractivity contribution in [2.45, 2.75) is 82.5 Å². The van der Waals surface area contributed by atoms with Gasteiger partial charge in [0.2, 0.25) is 5.88 Å². The summed E-state index contributed by atoms with van der Waals surface area (Å²) in [5.41, 5.74) is 1.45. The van der Waals surface area contributed by atoms with E-state index in [1.165, 1.54) is 35.1 Å². The lowest BCUT2D eigenvalue weighted by molar-refractivity contribution is 0.0857. The summed E-state index contributed by atoms with van der Waals surface area (Å²) >= 11 is 1.83. The van der Waals surface area contributed by atoms with E-state index in [4.69, 9.17) is 9.47 Å². The molecule has 2 aromatic rings. The molecule has 2 aliphatic rings. The molecule has 2 atom stereocenters. The van der Waals surface area contributed by atoms with Gasteiger partial charge in [-0.1, -0.05) is 6.92 Å². The number of nitrogens with zero attached hydrogens (tertiary/aromatic N) is 2. The summed E-state index contributed by atoms with van der Waals surface area (Å²) in [4.78, 5) is 11.7. The van der Waals surface area contributed by atoms with Crippen LogP contribution in [0.2, 0.25) is 0 Å². The molecule has 0 spiro atoms. The van der Waals surface area contributed by atoms with Crippen LogP contribution < -0.4 is 10.1 Å². The van der Waals surface area contributed by atoms with E-state index in [0.29, 0.717) is 18.1 Å². The lowest BCUT2D eigenvalue weighted by Gasteiger charge is -2.28. The quantitative estimate of drug-likeness (QED) is 0.758. The normalized spacial score (nSPS) is 26.3. The van der Waals surface area contributed by atoms with E-state index in [2.05, 4.69) is 29.3 Å². The number of hydrogen-bond acceptors (Lipinski definition) is 6. The van der Waals surface area contributed by atoms with Gasteiger partial charge in [-0.15, -0.1) is 11.3 Å². The summed E-state index contributed by atoms with van der Waals surface area (Å²) in [6.07, 6.45) is 11.3. The zero-order valence-corrected chi connectivity index (χ0v) is 17.5. The summed E-state index contributed by atoms with van der Waals surface area (Å²) in [6, 6.07) is 0.630. The van der Waals surface area contributed by atoms with Crippen LogP contribution in [0.15, 0.2) is 6.33 Å². The molecule has 0 amide bonds. The maximum Gasteiger partial charge on any atom is 0.225 e. The third kappa shape index (κ3) is 3.84. The minimum atomic E-state index is 0.269. The molecule has 0 radical (unpaired) electrons. The Morgan fingerprint density at radius 2 is 2.04 bits per heavy atom. The van der Waals surface area contributed by atoms with Crippen LogP contribution in [0.25, 0.3) is 10.2 Å². The number of fused-ring (bicyclic) bond motifs is 3. The Bertz CT molecular complexity index is 766. The molecule has 0 bridgehead atoms. The van der Waals surface area contributed by atoms with Crippen LogP contribution in [0, 0.1) is 0 Å². The predicted octanol–water partition coefficient (Wildman–Crippen LogP) is 4.45. The van der Waals surface area contributed by atoms with Crippen molar-refractivity contribution < 1.29 is 9.47 Å². The number of aryl methyl sites for hydroxylation is 1. The van der Waals surface area contributed by atoms with Gasteiger partial charge in [0.05, 0.1) is 11.5 Å². The van der Waals surface area contributed by atoms with Gasteiger partial charge in [0.25, 0.3) is 0 Å². The van der Waals surface area contributed by atoms with Crippen LogP contribution in [-0.2, 0) is 11.2 Å². The number of aromatic nitrogens is 2. The minimum Gasteiger partial charge on any atom is -0.474 e. The third-order valence-electron chi connectivity index (χ3n) is 6.39. The lowest BCUT2D eigenvalue weighted by Crippen LogP contribution is -2.34. The molecule has 5 nitrogen and oxygen atoms in total. The number of thiophene rings is 1. The van der Waals surface area contributed by atoms with Crippen LogP contribution in [-0.4, -0.2) is 42.4 Å². The third-order valence-corrected chi connectivity index (χ3v) is 7.57. The first kappa shape index (κ1) is 19.1. The molecule has 1 N–H and O–H groups in total. The first-order chi connectivity index (χ1) is 13.2. The maximum absolute atomic E-state index is 6.45. The zero-order chi connectivity index (χ0) is 18.8. The van der Waals surface area contributed by atoms with Gasteiger partial charge in [-0.05, 0) is 69.9 Å². The van der Waals surface area contributed by atoms with Crippen LogP contribution in [0.4, 0.5) is 0 Å². The fourth-order valence-corrected chi connectivity index (χ4v) is 5.97. The van der Waals surface area contributed by atoms with Crippen molar-refractivity contribution in [1.82, 2.24) is 15.3 Å². The van der Waals surface area contributed by atoms with Crippen LogP contribution in [0.5, 0.6) is 5.88 Å². The Labute approximate surface area is 165 Å². The van der Waals surface area contributed by atoms with Crippen LogP contribution >= 0.6 is 11.3 Å². The van der Waals surface area contributed by atoms with E-state index in [1.54, 1.807) is 6.33 Å². The molecule has 27 heavy (non-hydrogen) atoms. The molecular formula is C21H31N3O2S. The average Bonchev–Trinajstić information content (AvgIpc) is 3.26. The summed E-state index contributed by atoms with van der Waals surface area (Å²) in [5, 5.41) is 4.57. The van der Waals surface area contributed by atoms with E-state index in [0.717, 1.165) is 42.8 Å².